The third-order valence-corrected chi connectivity index (χ3v) is 5.40. The summed E-state index contributed by atoms with van der Waals surface area (Å²) in [7, 11) is 0. The molecule has 1 fully saturated rings. The van der Waals surface area contributed by atoms with Gasteiger partial charge in [0, 0.05) is 19.6 Å². The molecule has 2 aromatic heterocycles. The van der Waals surface area contributed by atoms with Gasteiger partial charge in [0.05, 0.1) is 10.3 Å². The lowest BCUT2D eigenvalue weighted by Gasteiger charge is -2.28. The molecule has 0 aliphatic carbocycles. The maximum atomic E-state index is 12.2. The molecule has 1 N–H and O–H groups in total. The largest absolute Gasteiger partial charge is 0.356 e. The first-order valence-electron chi connectivity index (χ1n) is 7.72. The van der Waals surface area contributed by atoms with E-state index in [1.807, 2.05) is 12.3 Å². The molecule has 0 saturated carbocycles. The molecule has 1 aliphatic rings. The van der Waals surface area contributed by atoms with E-state index in [9.17, 15) is 4.79 Å². The van der Waals surface area contributed by atoms with Crippen molar-refractivity contribution in [1.82, 2.24) is 15.3 Å². The second-order valence-electron chi connectivity index (χ2n) is 5.41. The van der Waals surface area contributed by atoms with Gasteiger partial charge in [-0.15, -0.1) is 17.9 Å². The molecule has 0 atom stereocenters. The molecular weight excluding hydrogens is 328 g/mol. The van der Waals surface area contributed by atoms with Crippen molar-refractivity contribution in [1.29, 1.82) is 0 Å². The third-order valence-electron chi connectivity index (χ3n) is 3.82. The summed E-state index contributed by atoms with van der Waals surface area (Å²) in [5.74, 6) is 0.890. The highest BCUT2D eigenvalue weighted by atomic mass is 32.2. The Morgan fingerprint density at radius 2 is 2.22 bits per heavy atom. The van der Waals surface area contributed by atoms with E-state index in [0.717, 1.165) is 34.3 Å². The van der Waals surface area contributed by atoms with E-state index in [0.29, 0.717) is 11.4 Å². The van der Waals surface area contributed by atoms with Crippen LogP contribution < -0.4 is 10.2 Å². The summed E-state index contributed by atoms with van der Waals surface area (Å²) in [6.45, 7) is 6.13. The zero-order valence-corrected chi connectivity index (χ0v) is 14.8. The van der Waals surface area contributed by atoms with Gasteiger partial charge in [0.1, 0.15) is 10.6 Å². The van der Waals surface area contributed by atoms with E-state index in [-0.39, 0.29) is 5.91 Å². The molecule has 1 aliphatic heterocycles. The number of piperidine rings is 1. The summed E-state index contributed by atoms with van der Waals surface area (Å²) in [6.07, 6.45) is 7.31. The number of hydrogen-bond donors (Lipinski definition) is 1. The summed E-state index contributed by atoms with van der Waals surface area (Å²) in [6, 6.07) is 1.92. The molecule has 2 aromatic rings. The van der Waals surface area contributed by atoms with E-state index < -0.39 is 0 Å². The monoisotopic (exact) mass is 348 g/mol. The highest BCUT2D eigenvalue weighted by molar-refractivity contribution is 7.98. The lowest BCUT2D eigenvalue weighted by atomic mass is 10.1. The fourth-order valence-corrected chi connectivity index (χ4v) is 4.05. The number of anilines is 1. The van der Waals surface area contributed by atoms with Gasteiger partial charge in [-0.1, -0.05) is 17.8 Å². The normalized spacial score (nSPS) is 14.9. The molecule has 1 amide bonds. The van der Waals surface area contributed by atoms with Crippen LogP contribution in [-0.4, -0.2) is 41.8 Å². The lowest BCUT2D eigenvalue weighted by Crippen LogP contribution is -2.30. The maximum absolute atomic E-state index is 12.2. The molecule has 3 rings (SSSR count). The van der Waals surface area contributed by atoms with Gasteiger partial charge >= 0.3 is 0 Å². The van der Waals surface area contributed by atoms with Crippen LogP contribution in [0, 0.1) is 0 Å². The van der Waals surface area contributed by atoms with Crippen LogP contribution in [0.25, 0.3) is 10.2 Å². The number of thioether (sulfide) groups is 1. The van der Waals surface area contributed by atoms with Crippen LogP contribution in [0.15, 0.2) is 23.9 Å². The van der Waals surface area contributed by atoms with Crippen LogP contribution in [-0.2, 0) is 0 Å². The summed E-state index contributed by atoms with van der Waals surface area (Å²) in [5, 5.41) is 4.57. The van der Waals surface area contributed by atoms with Crippen LogP contribution >= 0.6 is 23.1 Å². The minimum atomic E-state index is -0.0804. The topological polar surface area (TPSA) is 58.1 Å². The Morgan fingerprint density at radius 3 is 2.91 bits per heavy atom. The fraction of sp³-hybridized carbons (Fsp3) is 0.438. The van der Waals surface area contributed by atoms with Crippen LogP contribution in [0.1, 0.15) is 28.9 Å². The number of carbonyl (C=O) groups excluding carboxylic acids is 1. The van der Waals surface area contributed by atoms with Gasteiger partial charge in [0.2, 0.25) is 0 Å². The first kappa shape index (κ1) is 16.3. The summed E-state index contributed by atoms with van der Waals surface area (Å²) >= 11 is 2.96. The van der Waals surface area contributed by atoms with Gasteiger partial charge in [-0.3, -0.25) is 4.79 Å². The van der Waals surface area contributed by atoms with Crippen molar-refractivity contribution >= 4 is 45.0 Å². The van der Waals surface area contributed by atoms with Gasteiger partial charge in [0.15, 0.2) is 5.16 Å². The Hall–Kier alpha value is -1.60. The van der Waals surface area contributed by atoms with Crippen LogP contribution in [0.3, 0.4) is 0 Å². The predicted octanol–water partition coefficient (Wildman–Crippen LogP) is 3.32. The average Bonchev–Trinajstić information content (AvgIpc) is 3.03. The predicted molar refractivity (Wildman–Crippen MR) is 97.8 cm³/mol. The van der Waals surface area contributed by atoms with E-state index in [4.69, 9.17) is 4.98 Å². The van der Waals surface area contributed by atoms with Crippen molar-refractivity contribution in [3.8, 4) is 0 Å². The first-order chi connectivity index (χ1) is 11.2. The highest BCUT2D eigenvalue weighted by Gasteiger charge is 2.20. The van der Waals surface area contributed by atoms with Crippen molar-refractivity contribution in [3.63, 3.8) is 0 Å². The molecule has 0 spiro atoms. The standard InChI is InChI=1S/C16H20N4OS2/c1-3-7-17-14(21)12-10-11-13(20-8-5-4-6-9-20)18-16(22-2)19-15(11)23-12/h3,10H,1,4-9H2,2H3,(H,17,21). The second kappa shape index (κ2) is 7.31. The number of fused-ring (bicyclic) bond motifs is 1. The zero-order chi connectivity index (χ0) is 16.2. The fourth-order valence-electron chi connectivity index (χ4n) is 2.69. The number of nitrogens with zero attached hydrogens (tertiary/aromatic N) is 3. The zero-order valence-electron chi connectivity index (χ0n) is 13.2. The number of carbonyl (C=O) groups is 1. The highest BCUT2D eigenvalue weighted by Crippen LogP contribution is 2.33. The number of amides is 1. The minimum Gasteiger partial charge on any atom is -0.356 e. The number of thiophene rings is 1. The van der Waals surface area contributed by atoms with Crippen molar-refractivity contribution in [3.05, 3.63) is 23.6 Å². The van der Waals surface area contributed by atoms with E-state index in [1.54, 1.807) is 6.08 Å². The SMILES string of the molecule is C=CCNC(=O)c1cc2c(N3CCCCC3)nc(SC)nc2s1. The quantitative estimate of drug-likeness (QED) is 0.510. The van der Waals surface area contributed by atoms with Crippen LogP contribution in [0.5, 0.6) is 0 Å². The summed E-state index contributed by atoms with van der Waals surface area (Å²) in [5.41, 5.74) is 0. The lowest BCUT2D eigenvalue weighted by molar-refractivity contribution is 0.0962. The number of aromatic nitrogens is 2. The van der Waals surface area contributed by atoms with Crippen molar-refractivity contribution in [2.45, 2.75) is 24.4 Å². The minimum absolute atomic E-state index is 0.0804. The van der Waals surface area contributed by atoms with E-state index in [1.165, 1.54) is 42.4 Å². The number of hydrogen-bond acceptors (Lipinski definition) is 6. The Bertz CT molecular complexity index is 722. The van der Waals surface area contributed by atoms with Gasteiger partial charge < -0.3 is 10.2 Å². The number of nitrogens with one attached hydrogen (secondary N) is 1. The molecular formula is C16H20N4OS2. The number of rotatable bonds is 5. The average molecular weight is 348 g/mol. The van der Waals surface area contributed by atoms with Crippen molar-refractivity contribution in [2.24, 2.45) is 0 Å². The van der Waals surface area contributed by atoms with Gasteiger partial charge in [-0.25, -0.2) is 9.97 Å². The van der Waals surface area contributed by atoms with Crippen LogP contribution in [0.4, 0.5) is 5.82 Å². The second-order valence-corrected chi connectivity index (χ2v) is 7.21. The Kier molecular flexibility index (Phi) is 5.17. The maximum Gasteiger partial charge on any atom is 0.261 e. The van der Waals surface area contributed by atoms with E-state index in [2.05, 4.69) is 21.8 Å². The van der Waals surface area contributed by atoms with Crippen molar-refractivity contribution in [2.75, 3.05) is 30.8 Å². The third kappa shape index (κ3) is 3.50. The molecule has 122 valence electrons. The molecule has 0 unspecified atom stereocenters. The first-order valence-corrected chi connectivity index (χ1v) is 9.76. The summed E-state index contributed by atoms with van der Waals surface area (Å²) in [4.78, 5) is 25.4. The molecule has 5 nitrogen and oxygen atoms in total. The molecule has 23 heavy (non-hydrogen) atoms. The molecule has 0 aromatic carbocycles. The van der Waals surface area contributed by atoms with Crippen molar-refractivity contribution < 1.29 is 4.79 Å². The Labute approximate surface area is 144 Å². The molecule has 1 saturated heterocycles. The summed E-state index contributed by atoms with van der Waals surface area (Å²) < 4.78 is 0. The van der Waals surface area contributed by atoms with Gasteiger partial charge in [0.25, 0.3) is 5.91 Å². The molecule has 0 bridgehead atoms. The smallest absolute Gasteiger partial charge is 0.261 e. The molecule has 0 radical (unpaired) electrons. The van der Waals surface area contributed by atoms with Gasteiger partial charge in [-0.2, -0.15) is 0 Å². The van der Waals surface area contributed by atoms with Crippen LogP contribution in [0.2, 0.25) is 0 Å². The van der Waals surface area contributed by atoms with E-state index >= 15 is 0 Å². The Balaban J connectivity index is 2.01. The molecule has 3 heterocycles. The Morgan fingerprint density at radius 1 is 1.43 bits per heavy atom. The van der Waals surface area contributed by atoms with Gasteiger partial charge in [-0.05, 0) is 31.6 Å². The molecule has 7 heteroatoms.